The smallest absolute Gasteiger partial charge is 0.347 e. The first kappa shape index (κ1) is 10.3. The van der Waals surface area contributed by atoms with Gasteiger partial charge in [-0.2, -0.15) is 0 Å². The molecule has 0 bridgehead atoms. The molecule has 4 heteroatoms. The van der Waals surface area contributed by atoms with Gasteiger partial charge in [-0.05, 0) is 37.1 Å². The zero-order valence-corrected chi connectivity index (χ0v) is 9.04. The van der Waals surface area contributed by atoms with Crippen LogP contribution in [0, 0.1) is 0 Å². The first-order valence-corrected chi connectivity index (χ1v) is 5.10. The maximum atomic E-state index is 11.0. The molecule has 1 heterocycles. The fraction of sp³-hybridized carbons (Fsp3) is 0.364. The molecule has 0 spiro atoms. The second-order valence-electron chi connectivity index (χ2n) is 3.89. The quantitative estimate of drug-likeness (QED) is 0.801. The van der Waals surface area contributed by atoms with E-state index in [1.807, 2.05) is 6.07 Å². The molecule has 1 N–H and O–H groups in total. The Morgan fingerprint density at radius 2 is 2.33 bits per heavy atom. The van der Waals surface area contributed by atoms with Crippen molar-refractivity contribution in [2.45, 2.75) is 25.4 Å². The fourth-order valence-corrected chi connectivity index (χ4v) is 1.86. The number of aliphatic carboxylic acids is 1. The Balaban J connectivity index is 2.35. The maximum absolute atomic E-state index is 11.0. The summed E-state index contributed by atoms with van der Waals surface area (Å²) < 4.78 is 5.48. The van der Waals surface area contributed by atoms with E-state index >= 15 is 0 Å². The summed E-state index contributed by atoms with van der Waals surface area (Å²) in [6, 6.07) is 5.24. The predicted molar refractivity (Wildman–Crippen MR) is 56.4 cm³/mol. The average molecular weight is 227 g/mol. The summed E-state index contributed by atoms with van der Waals surface area (Å²) >= 11 is 5.84. The van der Waals surface area contributed by atoms with Crippen LogP contribution in [0.1, 0.15) is 18.9 Å². The van der Waals surface area contributed by atoms with Crippen LogP contribution in [0.2, 0.25) is 5.02 Å². The van der Waals surface area contributed by atoms with E-state index in [1.165, 1.54) is 0 Å². The lowest BCUT2D eigenvalue weighted by Crippen LogP contribution is -2.44. The van der Waals surface area contributed by atoms with Crippen LogP contribution in [0.5, 0.6) is 5.75 Å². The highest BCUT2D eigenvalue weighted by Crippen LogP contribution is 2.34. The van der Waals surface area contributed by atoms with Gasteiger partial charge in [-0.3, -0.25) is 0 Å². The van der Waals surface area contributed by atoms with Crippen LogP contribution in [0.15, 0.2) is 18.2 Å². The number of hydrogen-bond donors (Lipinski definition) is 1. The standard InChI is InChI=1S/C11H11ClO3/c1-11(10(13)14)5-4-7-6-8(12)2-3-9(7)15-11/h2-3,6H,4-5H2,1H3,(H,13,14). The molecule has 1 aliphatic heterocycles. The van der Waals surface area contributed by atoms with Gasteiger partial charge in [0, 0.05) is 11.4 Å². The van der Waals surface area contributed by atoms with Gasteiger partial charge < -0.3 is 9.84 Å². The molecule has 1 aromatic carbocycles. The zero-order chi connectivity index (χ0) is 11.1. The zero-order valence-electron chi connectivity index (χ0n) is 8.29. The summed E-state index contributed by atoms with van der Waals surface area (Å²) in [5, 5.41) is 9.68. The van der Waals surface area contributed by atoms with Crippen molar-refractivity contribution in [3.8, 4) is 5.75 Å². The van der Waals surface area contributed by atoms with E-state index in [-0.39, 0.29) is 0 Å². The van der Waals surface area contributed by atoms with Crippen molar-refractivity contribution in [1.29, 1.82) is 0 Å². The Bertz CT molecular complexity index is 416. The Kier molecular flexibility index (Phi) is 2.35. The summed E-state index contributed by atoms with van der Waals surface area (Å²) in [6.45, 7) is 1.59. The molecule has 1 aromatic rings. The van der Waals surface area contributed by atoms with Gasteiger partial charge in [-0.1, -0.05) is 11.6 Å². The SMILES string of the molecule is CC1(C(=O)O)CCc2cc(Cl)ccc2O1. The van der Waals surface area contributed by atoms with Crippen LogP contribution in [0.25, 0.3) is 0 Å². The van der Waals surface area contributed by atoms with Crippen LogP contribution in [-0.2, 0) is 11.2 Å². The van der Waals surface area contributed by atoms with Gasteiger partial charge >= 0.3 is 5.97 Å². The van der Waals surface area contributed by atoms with E-state index in [9.17, 15) is 4.79 Å². The van der Waals surface area contributed by atoms with Crippen molar-refractivity contribution in [3.63, 3.8) is 0 Å². The normalized spacial score (nSPS) is 24.1. The Morgan fingerprint density at radius 3 is 3.00 bits per heavy atom. The Labute approximate surface area is 92.6 Å². The molecule has 0 saturated carbocycles. The average Bonchev–Trinajstić information content (AvgIpc) is 2.18. The van der Waals surface area contributed by atoms with E-state index in [1.54, 1.807) is 19.1 Å². The topological polar surface area (TPSA) is 46.5 Å². The number of carbonyl (C=O) groups is 1. The van der Waals surface area contributed by atoms with Crippen molar-refractivity contribution in [1.82, 2.24) is 0 Å². The first-order chi connectivity index (χ1) is 7.01. The molecule has 80 valence electrons. The third-order valence-corrected chi connectivity index (χ3v) is 2.92. The molecule has 0 radical (unpaired) electrons. The van der Waals surface area contributed by atoms with Crippen LogP contribution in [-0.4, -0.2) is 16.7 Å². The number of fused-ring (bicyclic) bond motifs is 1. The minimum absolute atomic E-state index is 0.468. The minimum Gasteiger partial charge on any atom is -0.478 e. The fourth-order valence-electron chi connectivity index (χ4n) is 1.66. The summed E-state index contributed by atoms with van der Waals surface area (Å²) in [4.78, 5) is 11.0. The molecule has 15 heavy (non-hydrogen) atoms. The van der Waals surface area contributed by atoms with Crippen molar-refractivity contribution in [2.75, 3.05) is 0 Å². The van der Waals surface area contributed by atoms with Gasteiger partial charge in [0.2, 0.25) is 5.60 Å². The third kappa shape index (κ3) is 1.79. The first-order valence-electron chi connectivity index (χ1n) is 4.72. The molecule has 0 aliphatic carbocycles. The number of hydrogen-bond acceptors (Lipinski definition) is 2. The van der Waals surface area contributed by atoms with E-state index in [2.05, 4.69) is 0 Å². The molecule has 1 aliphatic rings. The van der Waals surface area contributed by atoms with E-state index in [4.69, 9.17) is 21.4 Å². The lowest BCUT2D eigenvalue weighted by atomic mass is 9.93. The number of carboxylic acid groups (broad SMARTS) is 1. The molecule has 0 aromatic heterocycles. The highest BCUT2D eigenvalue weighted by molar-refractivity contribution is 6.30. The number of rotatable bonds is 1. The van der Waals surface area contributed by atoms with Crippen molar-refractivity contribution < 1.29 is 14.6 Å². The van der Waals surface area contributed by atoms with Crippen LogP contribution in [0.4, 0.5) is 0 Å². The summed E-state index contributed by atoms with van der Waals surface area (Å²) in [5.74, 6) is -0.307. The second kappa shape index (κ2) is 3.42. The monoisotopic (exact) mass is 226 g/mol. The molecular formula is C11H11ClO3. The predicted octanol–water partition coefficient (Wildman–Crippen LogP) is 2.51. The van der Waals surface area contributed by atoms with Gasteiger partial charge in [-0.15, -0.1) is 0 Å². The summed E-state index contributed by atoms with van der Waals surface area (Å²) in [6.07, 6.45) is 1.15. The van der Waals surface area contributed by atoms with Gasteiger partial charge in [0.05, 0.1) is 0 Å². The maximum Gasteiger partial charge on any atom is 0.347 e. The number of benzene rings is 1. The van der Waals surface area contributed by atoms with Crippen LogP contribution in [0.3, 0.4) is 0 Å². The largest absolute Gasteiger partial charge is 0.478 e. The number of carboxylic acids is 1. The number of aryl methyl sites for hydroxylation is 1. The van der Waals surface area contributed by atoms with Gasteiger partial charge in [0.1, 0.15) is 5.75 Å². The van der Waals surface area contributed by atoms with Gasteiger partial charge in [0.25, 0.3) is 0 Å². The lowest BCUT2D eigenvalue weighted by molar-refractivity contribution is -0.155. The van der Waals surface area contributed by atoms with Crippen molar-refractivity contribution in [3.05, 3.63) is 28.8 Å². The van der Waals surface area contributed by atoms with Crippen LogP contribution >= 0.6 is 11.6 Å². The molecule has 0 saturated heterocycles. The molecule has 0 fully saturated rings. The highest BCUT2D eigenvalue weighted by Gasteiger charge is 2.38. The molecule has 0 amide bonds. The lowest BCUT2D eigenvalue weighted by Gasteiger charge is -2.32. The number of ether oxygens (including phenoxy) is 1. The molecule has 3 nitrogen and oxygen atoms in total. The van der Waals surface area contributed by atoms with Gasteiger partial charge in [-0.25, -0.2) is 4.79 Å². The second-order valence-corrected chi connectivity index (χ2v) is 4.33. The third-order valence-electron chi connectivity index (χ3n) is 2.68. The Morgan fingerprint density at radius 1 is 1.60 bits per heavy atom. The molecule has 1 atom stereocenters. The van der Waals surface area contributed by atoms with Gasteiger partial charge in [0.15, 0.2) is 0 Å². The van der Waals surface area contributed by atoms with Crippen molar-refractivity contribution in [2.24, 2.45) is 0 Å². The summed E-state index contributed by atoms with van der Waals surface area (Å²) in [5.41, 5.74) is -0.137. The highest BCUT2D eigenvalue weighted by atomic mass is 35.5. The van der Waals surface area contributed by atoms with E-state index in [0.717, 1.165) is 5.56 Å². The van der Waals surface area contributed by atoms with E-state index < -0.39 is 11.6 Å². The molecule has 1 unspecified atom stereocenters. The minimum atomic E-state index is -1.11. The number of halogens is 1. The molecular weight excluding hydrogens is 216 g/mol. The van der Waals surface area contributed by atoms with E-state index in [0.29, 0.717) is 23.6 Å². The van der Waals surface area contributed by atoms with Crippen molar-refractivity contribution >= 4 is 17.6 Å². The van der Waals surface area contributed by atoms with Crippen LogP contribution < -0.4 is 4.74 Å². The Hall–Kier alpha value is -1.22. The summed E-state index contributed by atoms with van der Waals surface area (Å²) in [7, 11) is 0. The molecule has 2 rings (SSSR count).